The lowest BCUT2D eigenvalue weighted by atomic mass is 10.3. The van der Waals surface area contributed by atoms with Gasteiger partial charge in [0.05, 0.1) is 7.11 Å². The molecule has 0 aromatic heterocycles. The number of benzene rings is 1. The first-order chi connectivity index (χ1) is 6.29. The quantitative estimate of drug-likeness (QED) is 0.757. The molecule has 2 atom stereocenters. The summed E-state index contributed by atoms with van der Waals surface area (Å²) in [6, 6.07) is 7.77. The molecule has 0 amide bonds. The molecule has 13 heavy (non-hydrogen) atoms. The number of nitrogens with two attached hydrogens (primary N) is 1. The molecule has 1 aliphatic rings. The zero-order valence-corrected chi connectivity index (χ0v) is 7.57. The van der Waals surface area contributed by atoms with Crippen LogP contribution in [0, 0.1) is 0 Å². The Morgan fingerprint density at radius 1 is 1.23 bits per heavy atom. The molecule has 2 unspecified atom stereocenters. The summed E-state index contributed by atoms with van der Waals surface area (Å²) < 4.78 is 10.6. The zero-order valence-electron chi connectivity index (χ0n) is 7.57. The summed E-state index contributed by atoms with van der Waals surface area (Å²) in [5, 5.41) is 0. The van der Waals surface area contributed by atoms with E-state index >= 15 is 0 Å². The van der Waals surface area contributed by atoms with Crippen LogP contribution in [0.15, 0.2) is 24.3 Å². The number of hydrogen-bond acceptors (Lipinski definition) is 3. The minimum Gasteiger partial charge on any atom is -0.497 e. The number of hydrogen-bond donors (Lipinski definition) is 1. The summed E-state index contributed by atoms with van der Waals surface area (Å²) >= 11 is 0. The van der Waals surface area contributed by atoms with Crippen molar-refractivity contribution in [2.75, 3.05) is 7.11 Å². The van der Waals surface area contributed by atoms with E-state index in [9.17, 15) is 0 Å². The minimum absolute atomic E-state index is 0.216. The maximum absolute atomic E-state index is 5.62. The van der Waals surface area contributed by atoms with Crippen LogP contribution in [0.1, 0.15) is 6.42 Å². The highest BCUT2D eigenvalue weighted by molar-refractivity contribution is 5.31. The van der Waals surface area contributed by atoms with Gasteiger partial charge >= 0.3 is 0 Å². The fraction of sp³-hybridized carbons (Fsp3) is 0.400. The topological polar surface area (TPSA) is 44.5 Å². The number of ether oxygens (including phenoxy) is 2. The van der Waals surface area contributed by atoms with E-state index in [0.29, 0.717) is 0 Å². The Balaban J connectivity index is 1.97. The zero-order chi connectivity index (χ0) is 9.26. The van der Waals surface area contributed by atoms with Gasteiger partial charge in [0.25, 0.3) is 0 Å². The highest BCUT2D eigenvalue weighted by atomic mass is 16.5. The monoisotopic (exact) mass is 179 g/mol. The van der Waals surface area contributed by atoms with Crippen LogP contribution in [0.2, 0.25) is 0 Å². The summed E-state index contributed by atoms with van der Waals surface area (Å²) in [6.45, 7) is 0. The first-order valence-electron chi connectivity index (χ1n) is 4.36. The third kappa shape index (κ3) is 1.92. The third-order valence-electron chi connectivity index (χ3n) is 2.13. The van der Waals surface area contributed by atoms with E-state index in [4.69, 9.17) is 15.2 Å². The second-order valence-corrected chi connectivity index (χ2v) is 3.23. The number of rotatable bonds is 3. The Morgan fingerprint density at radius 2 is 1.77 bits per heavy atom. The molecular formula is C10H13NO2. The van der Waals surface area contributed by atoms with Crippen molar-refractivity contribution >= 4 is 0 Å². The van der Waals surface area contributed by atoms with Gasteiger partial charge in [-0.25, -0.2) is 0 Å². The predicted molar refractivity (Wildman–Crippen MR) is 50.0 cm³/mol. The van der Waals surface area contributed by atoms with Crippen molar-refractivity contribution in [3.05, 3.63) is 24.3 Å². The lowest BCUT2D eigenvalue weighted by molar-refractivity contribution is 0.296. The predicted octanol–water partition coefficient (Wildman–Crippen LogP) is 1.17. The van der Waals surface area contributed by atoms with Gasteiger partial charge in [-0.2, -0.15) is 0 Å². The largest absolute Gasteiger partial charge is 0.497 e. The van der Waals surface area contributed by atoms with Crippen molar-refractivity contribution in [1.82, 2.24) is 0 Å². The van der Waals surface area contributed by atoms with Crippen molar-refractivity contribution in [1.29, 1.82) is 0 Å². The van der Waals surface area contributed by atoms with E-state index in [1.54, 1.807) is 7.11 Å². The summed E-state index contributed by atoms with van der Waals surface area (Å²) in [5.41, 5.74) is 5.62. The molecule has 1 aliphatic carbocycles. The van der Waals surface area contributed by atoms with Crippen molar-refractivity contribution in [3.8, 4) is 11.5 Å². The molecule has 0 saturated heterocycles. The molecule has 1 fully saturated rings. The van der Waals surface area contributed by atoms with Crippen LogP contribution in [0.25, 0.3) is 0 Å². The molecule has 1 aromatic carbocycles. The summed E-state index contributed by atoms with van der Waals surface area (Å²) in [6.07, 6.45) is 1.18. The maximum Gasteiger partial charge on any atom is 0.120 e. The van der Waals surface area contributed by atoms with Crippen LogP contribution < -0.4 is 15.2 Å². The molecule has 3 heteroatoms. The van der Waals surface area contributed by atoms with E-state index in [0.717, 1.165) is 17.9 Å². The first-order valence-corrected chi connectivity index (χ1v) is 4.36. The van der Waals surface area contributed by atoms with Crippen LogP contribution >= 0.6 is 0 Å². The van der Waals surface area contributed by atoms with Gasteiger partial charge < -0.3 is 15.2 Å². The Hall–Kier alpha value is -1.22. The average molecular weight is 179 g/mol. The van der Waals surface area contributed by atoms with Crippen LogP contribution in [0.5, 0.6) is 11.5 Å². The van der Waals surface area contributed by atoms with Gasteiger partial charge in [-0.15, -0.1) is 0 Å². The highest BCUT2D eigenvalue weighted by Crippen LogP contribution is 2.26. The van der Waals surface area contributed by atoms with Crippen molar-refractivity contribution in [3.63, 3.8) is 0 Å². The van der Waals surface area contributed by atoms with Crippen LogP contribution in [-0.2, 0) is 0 Å². The Labute approximate surface area is 77.5 Å². The van der Waals surface area contributed by atoms with E-state index in [1.807, 2.05) is 24.3 Å². The summed E-state index contributed by atoms with van der Waals surface area (Å²) in [5.74, 6) is 1.70. The van der Waals surface area contributed by atoms with Crippen molar-refractivity contribution < 1.29 is 9.47 Å². The molecule has 70 valence electrons. The van der Waals surface area contributed by atoms with Crippen molar-refractivity contribution in [2.24, 2.45) is 5.73 Å². The maximum atomic E-state index is 5.62. The Kier molecular flexibility index (Phi) is 2.10. The molecule has 0 bridgehead atoms. The van der Waals surface area contributed by atoms with Gasteiger partial charge in [-0.3, -0.25) is 0 Å². The van der Waals surface area contributed by atoms with E-state index in [-0.39, 0.29) is 12.1 Å². The van der Waals surface area contributed by atoms with Crippen LogP contribution in [-0.4, -0.2) is 19.3 Å². The van der Waals surface area contributed by atoms with Gasteiger partial charge in [-0.1, -0.05) is 0 Å². The standard InChI is InChI=1S/C10H13NO2/c1-12-7-2-4-8(5-3-7)13-10-6-9(10)11/h2-5,9-10H,6,11H2,1H3. The Morgan fingerprint density at radius 3 is 2.23 bits per heavy atom. The van der Waals surface area contributed by atoms with E-state index in [2.05, 4.69) is 0 Å². The molecular weight excluding hydrogens is 166 g/mol. The summed E-state index contributed by atoms with van der Waals surface area (Å²) in [4.78, 5) is 0. The minimum atomic E-state index is 0.216. The van der Waals surface area contributed by atoms with Crippen LogP contribution in [0.3, 0.4) is 0 Å². The van der Waals surface area contributed by atoms with Gasteiger partial charge in [0.1, 0.15) is 17.6 Å². The second-order valence-electron chi connectivity index (χ2n) is 3.23. The smallest absolute Gasteiger partial charge is 0.120 e. The second kappa shape index (κ2) is 3.26. The Bertz CT molecular complexity index is 283. The van der Waals surface area contributed by atoms with Crippen molar-refractivity contribution in [2.45, 2.75) is 18.6 Å². The SMILES string of the molecule is COc1ccc(OC2CC2N)cc1. The lowest BCUT2D eigenvalue weighted by Crippen LogP contribution is -2.10. The fourth-order valence-corrected chi connectivity index (χ4v) is 1.15. The molecule has 1 saturated carbocycles. The fourth-order valence-electron chi connectivity index (χ4n) is 1.15. The number of methoxy groups -OCH3 is 1. The van der Waals surface area contributed by atoms with Gasteiger partial charge in [0.15, 0.2) is 0 Å². The normalized spacial score (nSPS) is 25.4. The molecule has 2 N–H and O–H groups in total. The van der Waals surface area contributed by atoms with E-state index < -0.39 is 0 Å². The van der Waals surface area contributed by atoms with Gasteiger partial charge in [0.2, 0.25) is 0 Å². The lowest BCUT2D eigenvalue weighted by Gasteiger charge is -2.05. The molecule has 0 spiro atoms. The van der Waals surface area contributed by atoms with Gasteiger partial charge in [-0.05, 0) is 24.3 Å². The molecule has 1 aromatic rings. The highest BCUT2D eigenvalue weighted by Gasteiger charge is 2.35. The first kappa shape index (κ1) is 8.38. The average Bonchev–Trinajstić information content (AvgIpc) is 2.83. The molecule has 0 heterocycles. The summed E-state index contributed by atoms with van der Waals surface area (Å²) in [7, 11) is 1.65. The molecule has 3 nitrogen and oxygen atoms in total. The van der Waals surface area contributed by atoms with E-state index in [1.165, 1.54) is 0 Å². The molecule has 0 radical (unpaired) electrons. The van der Waals surface area contributed by atoms with Gasteiger partial charge in [0, 0.05) is 12.5 Å². The van der Waals surface area contributed by atoms with Crippen LogP contribution in [0.4, 0.5) is 0 Å². The molecule has 0 aliphatic heterocycles. The molecule has 2 rings (SSSR count). The third-order valence-corrected chi connectivity index (χ3v) is 2.13.